The first kappa shape index (κ1) is 12.4. The topological polar surface area (TPSA) is 60.6 Å². The van der Waals surface area contributed by atoms with Gasteiger partial charge < -0.3 is 5.32 Å². The van der Waals surface area contributed by atoms with Gasteiger partial charge in [0.05, 0.1) is 24.1 Å². The van der Waals surface area contributed by atoms with Crippen LogP contribution in [-0.4, -0.2) is 24.3 Å². The van der Waals surface area contributed by atoms with Crippen molar-refractivity contribution in [1.29, 1.82) is 0 Å². The van der Waals surface area contributed by atoms with E-state index < -0.39 is 0 Å². The van der Waals surface area contributed by atoms with E-state index in [9.17, 15) is 0 Å². The van der Waals surface area contributed by atoms with E-state index in [2.05, 4.69) is 27.3 Å². The summed E-state index contributed by atoms with van der Waals surface area (Å²) in [6.07, 6.45) is 11.0. The van der Waals surface area contributed by atoms with Gasteiger partial charge >= 0.3 is 0 Å². The minimum Gasteiger partial charge on any atom is -0.377 e. The highest BCUT2D eigenvalue weighted by molar-refractivity contribution is 5.45. The van der Waals surface area contributed by atoms with Crippen LogP contribution in [0.3, 0.4) is 0 Å². The third kappa shape index (κ3) is 2.54. The fraction of sp³-hybridized carbons (Fsp3) is 0.214. The molecule has 20 heavy (non-hydrogen) atoms. The van der Waals surface area contributed by atoms with Gasteiger partial charge in [0.25, 0.3) is 0 Å². The van der Waals surface area contributed by atoms with Crippen LogP contribution in [0.4, 0.5) is 5.69 Å². The zero-order valence-corrected chi connectivity index (χ0v) is 11.4. The average Bonchev–Trinajstić information content (AvgIpc) is 3.10. The lowest BCUT2D eigenvalue weighted by molar-refractivity contribution is 0.765. The Bertz CT molecular complexity index is 668. The Morgan fingerprint density at radius 2 is 2.15 bits per heavy atom. The van der Waals surface area contributed by atoms with Crippen LogP contribution in [-0.2, 0) is 7.05 Å². The molecule has 3 aromatic rings. The Morgan fingerprint density at radius 1 is 1.25 bits per heavy atom. The highest BCUT2D eigenvalue weighted by atomic mass is 15.2. The molecule has 0 aliphatic rings. The molecular formula is C14H16N6. The maximum atomic E-state index is 4.41. The molecule has 0 fully saturated rings. The second-order valence-corrected chi connectivity index (χ2v) is 4.69. The van der Waals surface area contributed by atoms with Gasteiger partial charge in [0.15, 0.2) is 0 Å². The molecule has 0 bridgehead atoms. The van der Waals surface area contributed by atoms with Crippen molar-refractivity contribution < 1.29 is 0 Å². The minimum absolute atomic E-state index is 0.185. The number of hydrogen-bond acceptors (Lipinski definition) is 4. The van der Waals surface area contributed by atoms with Crippen molar-refractivity contribution in [3.05, 3.63) is 55.0 Å². The average molecular weight is 268 g/mol. The van der Waals surface area contributed by atoms with E-state index in [4.69, 9.17) is 0 Å². The van der Waals surface area contributed by atoms with E-state index in [0.717, 1.165) is 17.1 Å². The van der Waals surface area contributed by atoms with Crippen LogP contribution in [0.2, 0.25) is 0 Å². The summed E-state index contributed by atoms with van der Waals surface area (Å²) >= 11 is 0. The van der Waals surface area contributed by atoms with Crippen LogP contribution in [0.1, 0.15) is 18.5 Å². The molecule has 0 saturated heterocycles. The summed E-state index contributed by atoms with van der Waals surface area (Å²) in [5.41, 5.74) is 2.12. The number of imidazole rings is 1. The molecule has 0 radical (unpaired) electrons. The molecule has 6 heteroatoms. The molecule has 3 heterocycles. The third-order valence-corrected chi connectivity index (χ3v) is 3.12. The zero-order chi connectivity index (χ0) is 13.9. The number of aryl methyl sites for hydroxylation is 1. The Kier molecular flexibility index (Phi) is 3.20. The smallest absolute Gasteiger partial charge is 0.137 e. The van der Waals surface area contributed by atoms with Crippen LogP contribution >= 0.6 is 0 Å². The van der Waals surface area contributed by atoms with Crippen LogP contribution in [0.5, 0.6) is 0 Å². The molecule has 3 aromatic heterocycles. The first-order valence-corrected chi connectivity index (χ1v) is 6.42. The largest absolute Gasteiger partial charge is 0.377 e. The molecule has 1 atom stereocenters. The van der Waals surface area contributed by atoms with E-state index in [1.165, 1.54) is 0 Å². The minimum atomic E-state index is 0.185. The summed E-state index contributed by atoms with van der Waals surface area (Å²) in [7, 11) is 1.91. The van der Waals surface area contributed by atoms with Gasteiger partial charge in [0, 0.05) is 31.2 Å². The normalized spacial score (nSPS) is 12.3. The van der Waals surface area contributed by atoms with Crippen molar-refractivity contribution in [1.82, 2.24) is 24.3 Å². The molecule has 102 valence electrons. The Balaban J connectivity index is 1.72. The van der Waals surface area contributed by atoms with E-state index in [1.807, 2.05) is 48.5 Å². The Labute approximate surface area is 117 Å². The molecule has 0 aromatic carbocycles. The van der Waals surface area contributed by atoms with Gasteiger partial charge in [-0.25, -0.2) is 9.97 Å². The number of hydrogen-bond donors (Lipinski definition) is 1. The number of pyridine rings is 1. The lowest BCUT2D eigenvalue weighted by Crippen LogP contribution is -2.06. The first-order valence-electron chi connectivity index (χ1n) is 6.42. The molecule has 6 nitrogen and oxygen atoms in total. The number of nitrogens with one attached hydrogen (secondary N) is 1. The summed E-state index contributed by atoms with van der Waals surface area (Å²) in [5, 5.41) is 7.58. The van der Waals surface area contributed by atoms with Crippen molar-refractivity contribution in [3.8, 4) is 5.82 Å². The van der Waals surface area contributed by atoms with Gasteiger partial charge in [-0.05, 0) is 19.1 Å². The summed E-state index contributed by atoms with van der Waals surface area (Å²) in [4.78, 5) is 8.42. The quantitative estimate of drug-likeness (QED) is 0.787. The second-order valence-electron chi connectivity index (χ2n) is 4.69. The van der Waals surface area contributed by atoms with Crippen LogP contribution in [0.15, 0.2) is 49.4 Å². The number of nitrogens with zero attached hydrogens (tertiary/aromatic N) is 5. The second kappa shape index (κ2) is 5.16. The maximum absolute atomic E-state index is 4.41. The van der Waals surface area contributed by atoms with Crippen LogP contribution in [0.25, 0.3) is 5.82 Å². The van der Waals surface area contributed by atoms with Crippen molar-refractivity contribution >= 4 is 5.69 Å². The third-order valence-electron chi connectivity index (χ3n) is 3.12. The molecule has 1 unspecified atom stereocenters. The molecule has 0 aliphatic heterocycles. The van der Waals surface area contributed by atoms with Crippen molar-refractivity contribution in [2.45, 2.75) is 13.0 Å². The van der Waals surface area contributed by atoms with E-state index in [1.54, 1.807) is 17.2 Å². The van der Waals surface area contributed by atoms with Gasteiger partial charge in [0.1, 0.15) is 12.1 Å². The monoisotopic (exact) mass is 268 g/mol. The summed E-state index contributed by atoms with van der Waals surface area (Å²) in [6, 6.07) is 4.15. The summed E-state index contributed by atoms with van der Waals surface area (Å²) < 4.78 is 3.67. The molecule has 1 N–H and O–H groups in total. The predicted octanol–water partition coefficient (Wildman–Crippen LogP) is 2.17. The molecule has 0 saturated carbocycles. The van der Waals surface area contributed by atoms with Crippen LogP contribution < -0.4 is 5.32 Å². The lowest BCUT2D eigenvalue weighted by atomic mass is 10.2. The fourth-order valence-corrected chi connectivity index (χ4v) is 2.02. The predicted molar refractivity (Wildman–Crippen MR) is 76.6 cm³/mol. The first-order chi connectivity index (χ1) is 9.72. The maximum Gasteiger partial charge on any atom is 0.137 e. The Morgan fingerprint density at radius 3 is 2.75 bits per heavy atom. The van der Waals surface area contributed by atoms with E-state index in [0.29, 0.717) is 0 Å². The highest BCUT2D eigenvalue weighted by Crippen LogP contribution is 2.18. The van der Waals surface area contributed by atoms with E-state index in [-0.39, 0.29) is 6.04 Å². The summed E-state index contributed by atoms with van der Waals surface area (Å²) in [5.74, 6) is 0.849. The Hall–Kier alpha value is -2.63. The SMILES string of the molecule is CC(Nc1ccc(-n2ccnc2)nc1)c1cnn(C)c1. The van der Waals surface area contributed by atoms with Crippen molar-refractivity contribution in [2.24, 2.45) is 7.05 Å². The van der Waals surface area contributed by atoms with E-state index >= 15 is 0 Å². The van der Waals surface area contributed by atoms with Gasteiger partial charge in [0.2, 0.25) is 0 Å². The number of rotatable bonds is 4. The number of aromatic nitrogens is 5. The van der Waals surface area contributed by atoms with Crippen molar-refractivity contribution in [3.63, 3.8) is 0 Å². The molecule has 3 rings (SSSR count). The molecule has 0 amide bonds. The molecule has 0 aliphatic carbocycles. The molecular weight excluding hydrogens is 252 g/mol. The van der Waals surface area contributed by atoms with Gasteiger partial charge in [-0.15, -0.1) is 0 Å². The lowest BCUT2D eigenvalue weighted by Gasteiger charge is -2.13. The highest BCUT2D eigenvalue weighted by Gasteiger charge is 2.07. The summed E-state index contributed by atoms with van der Waals surface area (Å²) in [6.45, 7) is 2.10. The fourth-order valence-electron chi connectivity index (χ4n) is 2.02. The van der Waals surface area contributed by atoms with Gasteiger partial charge in [-0.2, -0.15) is 5.10 Å². The van der Waals surface area contributed by atoms with Gasteiger partial charge in [-0.3, -0.25) is 9.25 Å². The number of anilines is 1. The standard InChI is InChI=1S/C14H16N6/c1-11(12-7-17-19(2)9-12)18-13-3-4-14(16-8-13)20-6-5-15-10-20/h3-11,18H,1-2H3. The van der Waals surface area contributed by atoms with Crippen LogP contribution in [0, 0.1) is 0 Å². The van der Waals surface area contributed by atoms with Gasteiger partial charge in [-0.1, -0.05) is 0 Å². The van der Waals surface area contributed by atoms with Crippen molar-refractivity contribution in [2.75, 3.05) is 5.32 Å². The zero-order valence-electron chi connectivity index (χ0n) is 11.4. The molecule has 0 spiro atoms.